The van der Waals surface area contributed by atoms with Crippen LogP contribution in [0, 0.1) is 0 Å². The maximum atomic E-state index is 12.5. The molecule has 10 nitrogen and oxygen atoms in total. The molecule has 0 spiro atoms. The van der Waals surface area contributed by atoms with Gasteiger partial charge in [0.05, 0.1) is 12.4 Å². The monoisotopic (exact) mass is 366 g/mol. The molecule has 0 N–H and O–H groups in total. The molecule has 1 aliphatic heterocycles. The van der Waals surface area contributed by atoms with Crippen molar-refractivity contribution in [3.05, 3.63) is 6.33 Å². The molecule has 130 valence electrons. The Morgan fingerprint density at radius 1 is 1.30 bits per heavy atom. The van der Waals surface area contributed by atoms with Gasteiger partial charge in [0.1, 0.15) is 6.33 Å². The fraction of sp³-hybridized carbons (Fsp3) is 0.727. The summed E-state index contributed by atoms with van der Waals surface area (Å²) in [5.74, 6) is -1.59. The van der Waals surface area contributed by atoms with E-state index in [4.69, 9.17) is 0 Å². The number of aryl methyl sites for hydroxylation is 1. The second-order valence-corrected chi connectivity index (χ2v) is 9.29. The first kappa shape index (κ1) is 17.8. The summed E-state index contributed by atoms with van der Waals surface area (Å²) in [5.41, 5.74) is 0. The molecular formula is C11H18N4O6S2. The second-order valence-electron chi connectivity index (χ2n) is 5.20. The minimum atomic E-state index is -3.79. The van der Waals surface area contributed by atoms with Crippen LogP contribution in [0.4, 0.5) is 0 Å². The molecule has 2 rings (SSSR count). The van der Waals surface area contributed by atoms with E-state index in [2.05, 4.69) is 14.9 Å². The Balaban J connectivity index is 2.07. The third-order valence-electron chi connectivity index (χ3n) is 3.69. The first-order valence-electron chi connectivity index (χ1n) is 6.81. The van der Waals surface area contributed by atoms with Gasteiger partial charge in [0, 0.05) is 20.1 Å². The summed E-state index contributed by atoms with van der Waals surface area (Å²) >= 11 is 0. The Morgan fingerprint density at radius 2 is 1.91 bits per heavy atom. The first-order valence-corrected chi connectivity index (χ1v) is 9.96. The third-order valence-corrected chi connectivity index (χ3v) is 7.67. The fourth-order valence-electron chi connectivity index (χ4n) is 2.40. The second kappa shape index (κ2) is 6.53. The lowest BCUT2D eigenvalue weighted by Crippen LogP contribution is -2.44. The van der Waals surface area contributed by atoms with E-state index in [1.54, 1.807) is 0 Å². The van der Waals surface area contributed by atoms with Crippen molar-refractivity contribution in [3.8, 4) is 0 Å². The first-order chi connectivity index (χ1) is 10.7. The zero-order valence-electron chi connectivity index (χ0n) is 12.7. The molecule has 0 aliphatic carbocycles. The Morgan fingerprint density at radius 3 is 2.39 bits per heavy atom. The van der Waals surface area contributed by atoms with Crippen LogP contribution in [0.15, 0.2) is 11.5 Å². The molecular weight excluding hydrogens is 348 g/mol. The quantitative estimate of drug-likeness (QED) is 0.579. The number of carbonyl (C=O) groups excluding carboxylic acids is 1. The molecule has 12 heteroatoms. The molecule has 0 atom stereocenters. The molecule has 1 fully saturated rings. The van der Waals surface area contributed by atoms with Gasteiger partial charge in [0.15, 0.2) is 5.75 Å². The number of aromatic nitrogens is 3. The van der Waals surface area contributed by atoms with Gasteiger partial charge in [-0.1, -0.05) is 0 Å². The average Bonchev–Trinajstić information content (AvgIpc) is 2.93. The van der Waals surface area contributed by atoms with Crippen molar-refractivity contribution >= 4 is 25.8 Å². The number of ether oxygens (including phenoxy) is 1. The lowest BCUT2D eigenvalue weighted by atomic mass is 10.2. The summed E-state index contributed by atoms with van der Waals surface area (Å²) in [6.07, 6.45) is 1.56. The van der Waals surface area contributed by atoms with Crippen LogP contribution in [-0.4, -0.2) is 73.1 Å². The number of rotatable bonds is 5. The lowest BCUT2D eigenvalue weighted by Gasteiger charge is -2.30. The maximum Gasteiger partial charge on any atom is 0.322 e. The van der Waals surface area contributed by atoms with Crippen molar-refractivity contribution in [3.63, 3.8) is 0 Å². The highest BCUT2D eigenvalue weighted by atomic mass is 32.2. The van der Waals surface area contributed by atoms with Crippen LogP contribution in [-0.2, 0) is 36.4 Å². The van der Waals surface area contributed by atoms with Crippen molar-refractivity contribution in [2.75, 3.05) is 26.0 Å². The maximum absolute atomic E-state index is 12.5. The standard InChI is InChI=1S/C11H18N4O6S2/c1-14-8-12-13-11(14)23(19,20)9-3-5-15(6-4-9)22(17,18)7-10(16)21-2/h8-9H,3-7H2,1-2H3. The number of methoxy groups -OCH3 is 1. The minimum Gasteiger partial charge on any atom is -0.468 e. The molecule has 1 saturated heterocycles. The molecule has 23 heavy (non-hydrogen) atoms. The van der Waals surface area contributed by atoms with Gasteiger partial charge in [-0.3, -0.25) is 4.79 Å². The number of nitrogens with zero attached hydrogens (tertiary/aromatic N) is 4. The van der Waals surface area contributed by atoms with Gasteiger partial charge in [0.25, 0.3) is 0 Å². The van der Waals surface area contributed by atoms with Gasteiger partial charge in [-0.25, -0.2) is 21.1 Å². The normalized spacial score (nSPS) is 18.0. The largest absolute Gasteiger partial charge is 0.468 e. The summed E-state index contributed by atoms with van der Waals surface area (Å²) in [6.45, 7) is 0.0577. The zero-order chi connectivity index (χ0) is 17.3. The van der Waals surface area contributed by atoms with Crippen LogP contribution in [0.5, 0.6) is 0 Å². The van der Waals surface area contributed by atoms with Crippen molar-refractivity contribution < 1.29 is 26.4 Å². The predicted octanol–water partition coefficient (Wildman–Crippen LogP) is -1.44. The van der Waals surface area contributed by atoms with Crippen LogP contribution in [0.3, 0.4) is 0 Å². The van der Waals surface area contributed by atoms with E-state index in [1.165, 1.54) is 17.9 Å². The van der Waals surface area contributed by atoms with Gasteiger partial charge >= 0.3 is 5.97 Å². The van der Waals surface area contributed by atoms with Crippen LogP contribution in [0.2, 0.25) is 0 Å². The number of piperidine rings is 1. The van der Waals surface area contributed by atoms with Crippen molar-refractivity contribution in [2.45, 2.75) is 23.2 Å². The highest BCUT2D eigenvalue weighted by Gasteiger charge is 2.37. The Labute approximate surface area is 134 Å². The number of carbonyl (C=O) groups is 1. The summed E-state index contributed by atoms with van der Waals surface area (Å²) in [4.78, 5) is 11.1. The average molecular weight is 366 g/mol. The summed E-state index contributed by atoms with van der Waals surface area (Å²) in [6, 6.07) is 0. The van der Waals surface area contributed by atoms with E-state index >= 15 is 0 Å². The van der Waals surface area contributed by atoms with Crippen LogP contribution >= 0.6 is 0 Å². The predicted molar refractivity (Wildman–Crippen MR) is 78.6 cm³/mol. The van der Waals surface area contributed by atoms with Crippen molar-refractivity contribution in [1.82, 2.24) is 19.1 Å². The molecule has 2 heterocycles. The summed E-state index contributed by atoms with van der Waals surface area (Å²) in [7, 11) is -4.83. The fourth-order valence-corrected chi connectivity index (χ4v) is 5.50. The van der Waals surface area contributed by atoms with Crippen LogP contribution in [0.25, 0.3) is 0 Å². The highest BCUT2D eigenvalue weighted by molar-refractivity contribution is 7.92. The van der Waals surface area contributed by atoms with Gasteiger partial charge in [-0.05, 0) is 12.8 Å². The minimum absolute atomic E-state index is 0.0288. The molecule has 0 amide bonds. The van der Waals surface area contributed by atoms with Gasteiger partial charge in [-0.15, -0.1) is 10.2 Å². The van der Waals surface area contributed by atoms with Crippen LogP contribution < -0.4 is 0 Å². The zero-order valence-corrected chi connectivity index (χ0v) is 14.4. The van der Waals surface area contributed by atoms with E-state index in [9.17, 15) is 21.6 Å². The molecule has 1 aliphatic rings. The smallest absolute Gasteiger partial charge is 0.322 e. The van der Waals surface area contributed by atoms with Crippen LogP contribution in [0.1, 0.15) is 12.8 Å². The molecule has 0 saturated carbocycles. The Hall–Kier alpha value is -1.53. The number of sulfone groups is 1. The highest BCUT2D eigenvalue weighted by Crippen LogP contribution is 2.24. The van der Waals surface area contributed by atoms with E-state index in [1.807, 2.05) is 0 Å². The van der Waals surface area contributed by atoms with Crippen molar-refractivity contribution in [2.24, 2.45) is 7.05 Å². The Kier molecular flexibility index (Phi) is 5.06. The number of hydrogen-bond acceptors (Lipinski definition) is 8. The molecule has 1 aromatic rings. The van der Waals surface area contributed by atoms with E-state index < -0.39 is 36.8 Å². The third kappa shape index (κ3) is 3.70. The van der Waals surface area contributed by atoms with Gasteiger partial charge in [0.2, 0.25) is 25.0 Å². The number of hydrogen-bond donors (Lipinski definition) is 0. The topological polar surface area (TPSA) is 129 Å². The van der Waals surface area contributed by atoms with E-state index in [0.29, 0.717) is 0 Å². The van der Waals surface area contributed by atoms with Gasteiger partial charge in [-0.2, -0.15) is 0 Å². The van der Waals surface area contributed by atoms with Crippen molar-refractivity contribution in [1.29, 1.82) is 0 Å². The molecule has 1 aromatic heterocycles. The summed E-state index contributed by atoms with van der Waals surface area (Å²) in [5, 5.41) is 6.31. The molecule has 0 radical (unpaired) electrons. The number of esters is 1. The molecule has 0 bridgehead atoms. The SMILES string of the molecule is COC(=O)CS(=O)(=O)N1CCC(S(=O)(=O)c2nncn2C)CC1. The Bertz CT molecular complexity index is 777. The van der Waals surface area contributed by atoms with Gasteiger partial charge < -0.3 is 9.30 Å². The molecule has 0 unspecified atom stereocenters. The lowest BCUT2D eigenvalue weighted by molar-refractivity contribution is -0.137. The van der Waals surface area contributed by atoms with E-state index in [-0.39, 0.29) is 31.1 Å². The number of sulfonamides is 1. The molecule has 0 aromatic carbocycles. The summed E-state index contributed by atoms with van der Waals surface area (Å²) < 4.78 is 55.8. The van der Waals surface area contributed by atoms with E-state index in [0.717, 1.165) is 11.4 Å².